The van der Waals surface area contributed by atoms with Crippen LogP contribution in [0.5, 0.6) is 103 Å². The molecule has 0 spiro atoms. The van der Waals surface area contributed by atoms with Gasteiger partial charge in [-0.25, -0.2) is 0 Å². The van der Waals surface area contributed by atoms with Crippen LogP contribution < -0.4 is 56.8 Å². The van der Waals surface area contributed by atoms with Crippen LogP contribution in [-0.4, -0.2) is 179 Å². The van der Waals surface area contributed by atoms with Crippen LogP contribution in [-0.2, 0) is 12.4 Å². The molecule has 0 aromatic heterocycles. The minimum absolute atomic E-state index is 0.0277. The van der Waals surface area contributed by atoms with Gasteiger partial charge in [-0.2, -0.15) is 26.3 Å². The molecule has 6 heterocycles. The Labute approximate surface area is 835 Å². The molecule has 0 unspecified atom stereocenters. The van der Waals surface area contributed by atoms with Crippen molar-refractivity contribution in [2.75, 3.05) is 79.3 Å². The van der Waals surface area contributed by atoms with E-state index in [1.165, 1.54) is 72.8 Å². The summed E-state index contributed by atoms with van der Waals surface area (Å²) in [5.41, 5.74) is 1.84. The number of halogens is 6. The number of Topliss-reactive ketones (excluding diaryl/α,β-unsaturated/α-hetero) is 12. The molecule has 0 aliphatic carbocycles. The molecule has 0 amide bonds. The predicted molar refractivity (Wildman–Crippen MR) is 515 cm³/mol. The number of hydrogen-bond donors (Lipinski definition) is 6. The lowest BCUT2D eigenvalue weighted by molar-refractivity contribution is -0.138. The number of hydrogen-bond acceptors (Lipinski definition) is 30. The van der Waals surface area contributed by atoms with Crippen molar-refractivity contribution >= 4 is 69.4 Å². The molecule has 36 heteroatoms. The summed E-state index contributed by atoms with van der Waals surface area (Å²) < 4.78 is 141. The first kappa shape index (κ1) is 107. The maximum absolute atomic E-state index is 13.0. The zero-order chi connectivity index (χ0) is 105. The van der Waals surface area contributed by atoms with Crippen molar-refractivity contribution in [2.45, 2.75) is 96.3 Å². The number of rotatable bonds is 30. The number of carbonyl (C=O) groups excluding carboxylic acids is 12. The van der Waals surface area contributed by atoms with E-state index in [4.69, 9.17) is 56.8 Å². The van der Waals surface area contributed by atoms with Crippen LogP contribution in [0.4, 0.5) is 26.3 Å². The molecular formula is C111H96F6O30. The number of carbonyl (C=O) groups is 12. The Morgan fingerprint density at radius 1 is 0.211 bits per heavy atom. The number of phenols is 6. The average Bonchev–Trinajstić information content (AvgIpc) is 1.00. The number of aromatic hydroxyl groups is 6. The van der Waals surface area contributed by atoms with Gasteiger partial charge in [-0.1, -0.05) is 151 Å². The largest absolute Gasteiger partial charge is 0.507 e. The molecule has 0 saturated carbocycles. The van der Waals surface area contributed by atoms with Crippen LogP contribution in [0.3, 0.4) is 0 Å². The highest BCUT2D eigenvalue weighted by Crippen LogP contribution is 2.46. The fraction of sp³-hybridized carbons (Fsp3) is 0.243. The average molecular weight is 2020 g/mol. The van der Waals surface area contributed by atoms with Gasteiger partial charge in [0.25, 0.3) is 0 Å². The van der Waals surface area contributed by atoms with Gasteiger partial charge in [0.15, 0.2) is 138 Å². The number of phenolic OH excluding ortho intramolecular Hbond substituents is 6. The lowest BCUT2D eigenvalue weighted by atomic mass is 9.97. The van der Waals surface area contributed by atoms with Crippen molar-refractivity contribution < 1.29 is 171 Å². The van der Waals surface area contributed by atoms with Gasteiger partial charge in [-0.05, 0) is 79.7 Å². The Hall–Kier alpha value is -17.3. The molecule has 0 saturated heterocycles. The highest BCUT2D eigenvalue weighted by atomic mass is 19.4. The van der Waals surface area contributed by atoms with Gasteiger partial charge in [-0.3, -0.25) is 57.5 Å². The second kappa shape index (κ2) is 50.1. The second-order valence-electron chi connectivity index (χ2n) is 33.3. The van der Waals surface area contributed by atoms with Gasteiger partial charge in [-0.15, -0.1) is 0 Å². The first-order valence-corrected chi connectivity index (χ1v) is 46.2. The minimum Gasteiger partial charge on any atom is -0.507 e. The van der Waals surface area contributed by atoms with E-state index in [0.717, 1.165) is 35.9 Å². The summed E-state index contributed by atoms with van der Waals surface area (Å²) >= 11 is 0. The van der Waals surface area contributed by atoms with Crippen molar-refractivity contribution in [1.29, 1.82) is 0 Å². The first-order chi connectivity index (χ1) is 70.5. The van der Waals surface area contributed by atoms with Gasteiger partial charge < -0.3 is 87.5 Å². The number of alkyl halides is 6. The Morgan fingerprint density at radius 3 is 0.748 bits per heavy atom. The van der Waals surface area contributed by atoms with Crippen molar-refractivity contribution in [3.8, 4) is 103 Å². The zero-order valence-electron chi connectivity index (χ0n) is 78.7. The van der Waals surface area contributed by atoms with E-state index in [-0.39, 0.29) is 203 Å². The molecule has 18 rings (SSSR count). The van der Waals surface area contributed by atoms with E-state index >= 15 is 0 Å². The van der Waals surface area contributed by atoms with Crippen LogP contribution in [0.15, 0.2) is 237 Å². The number of ether oxygens (including phenoxy) is 12. The number of aryl methyl sites for hydroxylation is 1. The van der Waals surface area contributed by atoms with Gasteiger partial charge in [0.1, 0.15) is 96.5 Å². The minimum atomic E-state index is -4.66. The van der Waals surface area contributed by atoms with E-state index in [0.29, 0.717) is 158 Å². The molecule has 147 heavy (non-hydrogen) atoms. The van der Waals surface area contributed by atoms with Gasteiger partial charge in [0.05, 0.1) is 27.8 Å². The molecule has 6 aliphatic rings. The summed E-state index contributed by atoms with van der Waals surface area (Å²) in [5.74, 6) is -1.08. The zero-order valence-corrected chi connectivity index (χ0v) is 78.7. The van der Waals surface area contributed by atoms with E-state index < -0.39 is 58.6 Å². The summed E-state index contributed by atoms with van der Waals surface area (Å²) in [5, 5.41) is 59.7. The van der Waals surface area contributed by atoms with Crippen molar-refractivity contribution in [2.24, 2.45) is 0 Å². The standard InChI is InChI=1S/2C19H15F3O5.C19H18O5.3C18H16O5/c20-19(21,22)12-3-1-2-11(8-12)14(23)4-5-15(24)13-9-17-18(10-16(13)25)27-7-6-26-17;20-19(21,22)13-4-2-1-3-11(13)14(23)5-6-15(24)12-9-17-18(10-16(12)25)27-8-7-26-17;1-12-2-4-13(5-3-12)15(20)6-7-16(21)14-10-18-19(11-17(14)22)24-9-8-23-18;3*19-14(12-4-2-1-3-5-12)6-7-15(20)13-10-16(21)18-17(11-13)22-8-9-23-18/h1-3,8-10,25H,4-7H2;1-4,9-10,25H,5-8H2;2-5,10-11,22H,6-9H2,1H3;3*1-5,10-11,21H,6-9H2. The fourth-order valence-corrected chi connectivity index (χ4v) is 15.3. The number of ketones is 12. The third kappa shape index (κ3) is 29.2. The predicted octanol–water partition coefficient (Wildman–Crippen LogP) is 20.4. The molecule has 0 bridgehead atoms. The monoisotopic (exact) mass is 2020 g/mol. The topological polar surface area (TPSA) is 437 Å². The molecule has 30 nitrogen and oxygen atoms in total. The summed E-state index contributed by atoms with van der Waals surface area (Å²) in [6, 6.07) is 58.9. The van der Waals surface area contributed by atoms with E-state index in [2.05, 4.69) is 0 Å². The number of fused-ring (bicyclic) bond motifs is 6. The third-order valence-electron chi connectivity index (χ3n) is 22.9. The molecule has 0 radical (unpaired) electrons. The van der Waals surface area contributed by atoms with Crippen LogP contribution in [0.25, 0.3) is 0 Å². The molecule has 0 atom stereocenters. The van der Waals surface area contributed by atoms with E-state index in [9.17, 15) is 115 Å². The van der Waals surface area contributed by atoms with Gasteiger partial charge in [0.2, 0.25) is 17.2 Å². The Kier molecular flexibility index (Phi) is 36.4. The molecule has 762 valence electrons. The molecule has 12 aromatic carbocycles. The van der Waals surface area contributed by atoms with Crippen molar-refractivity contribution in [3.05, 3.63) is 320 Å². The molecular weight excluding hydrogens is 1930 g/mol. The van der Waals surface area contributed by atoms with Crippen LogP contribution >= 0.6 is 0 Å². The summed E-state index contributed by atoms with van der Waals surface area (Å²) in [4.78, 5) is 146. The Balaban J connectivity index is 0.000000148. The summed E-state index contributed by atoms with van der Waals surface area (Å²) in [6.45, 7) is 6.18. The first-order valence-electron chi connectivity index (χ1n) is 46.2. The van der Waals surface area contributed by atoms with Crippen LogP contribution in [0.2, 0.25) is 0 Å². The van der Waals surface area contributed by atoms with E-state index in [1.807, 2.05) is 37.3 Å². The molecule has 12 aromatic rings. The number of benzene rings is 12. The quantitative estimate of drug-likeness (QED) is 0.0180. The fourth-order valence-electron chi connectivity index (χ4n) is 15.3. The normalized spacial score (nSPS) is 12.9. The highest BCUT2D eigenvalue weighted by Gasteiger charge is 2.37. The lowest BCUT2D eigenvalue weighted by Gasteiger charge is -2.19. The Morgan fingerprint density at radius 2 is 0.449 bits per heavy atom. The molecule has 0 fully saturated rings. The Bertz CT molecular complexity index is 6580. The summed E-state index contributed by atoms with van der Waals surface area (Å²) in [6.07, 6.45) is -9.81. The maximum atomic E-state index is 13.0. The van der Waals surface area contributed by atoms with Gasteiger partial charge in [0, 0.05) is 145 Å². The molecule has 6 aliphatic heterocycles. The SMILES string of the molecule is Cc1ccc(C(=O)CCC(=O)c2cc3c(cc2O)OCCO3)cc1.O=C(CCC(=O)c1cc(O)c2c(c1)OCCO2)c1ccccc1.O=C(CCC(=O)c1cc(O)c2c(c1)OCCO2)c1ccccc1.O=C(CCC(=O)c1cc(O)c2c(c1)OCCO2)c1ccccc1.O=C(CCC(=O)c1cc2c(cc1O)OCCO2)c1cccc(C(F)(F)F)c1.O=C(CCC(=O)c1ccccc1C(F)(F)F)c1cc2c(cc1O)OCCO2. The second-order valence-corrected chi connectivity index (χ2v) is 33.3. The van der Waals surface area contributed by atoms with Crippen molar-refractivity contribution in [3.63, 3.8) is 0 Å². The van der Waals surface area contributed by atoms with E-state index in [1.54, 1.807) is 103 Å². The third-order valence-corrected chi connectivity index (χ3v) is 22.9. The highest BCUT2D eigenvalue weighted by molar-refractivity contribution is 6.08. The maximum Gasteiger partial charge on any atom is 0.417 e. The van der Waals surface area contributed by atoms with Crippen molar-refractivity contribution in [1.82, 2.24) is 0 Å². The smallest absolute Gasteiger partial charge is 0.417 e. The lowest BCUT2D eigenvalue weighted by Crippen LogP contribution is -2.16. The van der Waals surface area contributed by atoms with Crippen LogP contribution in [0, 0.1) is 6.92 Å². The van der Waals surface area contributed by atoms with Gasteiger partial charge >= 0.3 is 12.4 Å². The molecule has 6 N–H and O–H groups in total. The van der Waals surface area contributed by atoms with Crippen LogP contribution in [0.1, 0.15) is 218 Å². The summed E-state index contributed by atoms with van der Waals surface area (Å²) in [7, 11) is 0.